The third-order valence-electron chi connectivity index (χ3n) is 3.50. The molecule has 0 saturated carbocycles. The summed E-state index contributed by atoms with van der Waals surface area (Å²) >= 11 is 0. The smallest absolute Gasteiger partial charge is 0.131 e. The summed E-state index contributed by atoms with van der Waals surface area (Å²) in [4.78, 5) is 11.0. The lowest BCUT2D eigenvalue weighted by atomic mass is 10.0. The summed E-state index contributed by atoms with van der Waals surface area (Å²) in [6.07, 6.45) is 5.25. The van der Waals surface area contributed by atoms with Gasteiger partial charge in [0, 0.05) is 31.7 Å². The summed E-state index contributed by atoms with van der Waals surface area (Å²) in [6, 6.07) is 2.53. The minimum absolute atomic E-state index is 0.539. The minimum Gasteiger partial charge on any atom is -0.370 e. The Labute approximate surface area is 115 Å². The van der Waals surface area contributed by atoms with Crippen LogP contribution in [-0.4, -0.2) is 47.1 Å². The molecule has 1 aromatic heterocycles. The van der Waals surface area contributed by atoms with Crippen LogP contribution in [0.1, 0.15) is 33.1 Å². The van der Waals surface area contributed by atoms with Gasteiger partial charge < -0.3 is 15.5 Å². The Morgan fingerprint density at radius 1 is 1.21 bits per heavy atom. The van der Waals surface area contributed by atoms with Crippen LogP contribution < -0.4 is 10.6 Å². The maximum Gasteiger partial charge on any atom is 0.131 e. The van der Waals surface area contributed by atoms with Crippen LogP contribution >= 0.6 is 0 Å². The number of hydrogen-bond donors (Lipinski definition) is 2. The summed E-state index contributed by atoms with van der Waals surface area (Å²) in [5.74, 6) is 1.82. The van der Waals surface area contributed by atoms with Gasteiger partial charge in [-0.25, -0.2) is 9.97 Å². The van der Waals surface area contributed by atoms with Gasteiger partial charge >= 0.3 is 0 Å². The summed E-state index contributed by atoms with van der Waals surface area (Å²) in [7, 11) is 0. The second-order valence-corrected chi connectivity index (χ2v) is 5.08. The fourth-order valence-electron chi connectivity index (χ4n) is 2.54. The fourth-order valence-corrected chi connectivity index (χ4v) is 2.54. The highest BCUT2D eigenvalue weighted by Gasteiger charge is 2.18. The molecule has 5 heteroatoms. The van der Waals surface area contributed by atoms with Crippen molar-refractivity contribution in [3.63, 3.8) is 0 Å². The summed E-state index contributed by atoms with van der Waals surface area (Å²) in [6.45, 7) is 8.80. The monoisotopic (exact) mass is 263 g/mol. The van der Waals surface area contributed by atoms with E-state index in [9.17, 15) is 0 Å². The van der Waals surface area contributed by atoms with Crippen molar-refractivity contribution in [1.82, 2.24) is 14.9 Å². The van der Waals surface area contributed by atoms with Gasteiger partial charge in [0.05, 0.1) is 0 Å². The number of anilines is 2. The minimum atomic E-state index is 0.539. The predicted molar refractivity (Wildman–Crippen MR) is 79.6 cm³/mol. The zero-order chi connectivity index (χ0) is 13.5. The van der Waals surface area contributed by atoms with E-state index in [1.165, 1.54) is 38.9 Å². The molecular formula is C14H25N5. The fraction of sp³-hybridized carbons (Fsp3) is 0.714. The topological polar surface area (TPSA) is 53.1 Å². The molecule has 0 aromatic carbocycles. The van der Waals surface area contributed by atoms with Crippen LogP contribution in [0.2, 0.25) is 0 Å². The van der Waals surface area contributed by atoms with Crippen molar-refractivity contribution in [3.8, 4) is 0 Å². The van der Waals surface area contributed by atoms with Crippen molar-refractivity contribution >= 4 is 11.6 Å². The third-order valence-corrected chi connectivity index (χ3v) is 3.50. The molecule has 5 nitrogen and oxygen atoms in total. The molecule has 0 spiro atoms. The van der Waals surface area contributed by atoms with Gasteiger partial charge in [-0.15, -0.1) is 0 Å². The molecular weight excluding hydrogens is 238 g/mol. The summed E-state index contributed by atoms with van der Waals surface area (Å²) < 4.78 is 0. The molecule has 0 unspecified atom stereocenters. The highest BCUT2D eigenvalue weighted by atomic mass is 15.1. The molecule has 106 valence electrons. The molecule has 0 atom stereocenters. The van der Waals surface area contributed by atoms with E-state index in [1.54, 1.807) is 6.33 Å². The van der Waals surface area contributed by atoms with Crippen LogP contribution in [0.3, 0.4) is 0 Å². The second kappa shape index (κ2) is 7.28. The number of aromatic nitrogens is 2. The van der Waals surface area contributed by atoms with E-state index < -0.39 is 0 Å². The maximum atomic E-state index is 4.30. The standard InChI is InChI=1S/C14H25N5/c1-3-7-19-8-5-12(6-9-19)18-14-10-13(15-4-2)16-11-17-14/h10-12H,3-9H2,1-2H3,(H2,15,16,17,18). The molecule has 1 saturated heterocycles. The van der Waals surface area contributed by atoms with Crippen molar-refractivity contribution in [2.75, 3.05) is 36.8 Å². The van der Waals surface area contributed by atoms with Crippen LogP contribution in [0.25, 0.3) is 0 Å². The van der Waals surface area contributed by atoms with Gasteiger partial charge in [-0.2, -0.15) is 0 Å². The first-order valence-electron chi connectivity index (χ1n) is 7.36. The number of hydrogen-bond acceptors (Lipinski definition) is 5. The van der Waals surface area contributed by atoms with Gasteiger partial charge in [0.2, 0.25) is 0 Å². The zero-order valence-electron chi connectivity index (χ0n) is 12.0. The average molecular weight is 263 g/mol. The number of rotatable bonds is 6. The Morgan fingerprint density at radius 2 is 1.95 bits per heavy atom. The molecule has 2 rings (SSSR count). The third kappa shape index (κ3) is 4.35. The Bertz CT molecular complexity index is 374. The summed E-state index contributed by atoms with van der Waals surface area (Å²) in [5.41, 5.74) is 0. The first kappa shape index (κ1) is 14.1. The van der Waals surface area contributed by atoms with E-state index >= 15 is 0 Å². The molecule has 0 amide bonds. The van der Waals surface area contributed by atoms with Crippen LogP contribution in [0.4, 0.5) is 11.6 Å². The van der Waals surface area contributed by atoms with Gasteiger partial charge in [-0.05, 0) is 32.7 Å². The van der Waals surface area contributed by atoms with Gasteiger partial charge in [-0.3, -0.25) is 0 Å². The van der Waals surface area contributed by atoms with Gasteiger partial charge in [0.15, 0.2) is 0 Å². The maximum absolute atomic E-state index is 4.30. The van der Waals surface area contributed by atoms with Crippen LogP contribution in [0.5, 0.6) is 0 Å². The average Bonchev–Trinajstić information content (AvgIpc) is 2.42. The van der Waals surface area contributed by atoms with Crippen molar-refractivity contribution in [3.05, 3.63) is 12.4 Å². The van der Waals surface area contributed by atoms with E-state index in [2.05, 4.69) is 39.3 Å². The molecule has 2 N–H and O–H groups in total. The number of likely N-dealkylation sites (tertiary alicyclic amines) is 1. The van der Waals surface area contributed by atoms with Crippen LogP contribution in [0.15, 0.2) is 12.4 Å². The Hall–Kier alpha value is -1.36. The van der Waals surface area contributed by atoms with Crippen molar-refractivity contribution in [2.24, 2.45) is 0 Å². The first-order valence-corrected chi connectivity index (χ1v) is 7.36. The number of nitrogens with zero attached hydrogens (tertiary/aromatic N) is 3. The molecule has 1 aromatic rings. The van der Waals surface area contributed by atoms with Crippen molar-refractivity contribution in [1.29, 1.82) is 0 Å². The molecule has 0 bridgehead atoms. The molecule has 1 aliphatic rings. The largest absolute Gasteiger partial charge is 0.370 e. The van der Waals surface area contributed by atoms with Crippen LogP contribution in [-0.2, 0) is 0 Å². The molecule has 0 aliphatic carbocycles. The van der Waals surface area contributed by atoms with Crippen molar-refractivity contribution in [2.45, 2.75) is 39.2 Å². The van der Waals surface area contributed by atoms with E-state index in [4.69, 9.17) is 0 Å². The van der Waals surface area contributed by atoms with E-state index in [0.717, 1.165) is 18.2 Å². The van der Waals surface area contributed by atoms with Gasteiger partial charge in [0.1, 0.15) is 18.0 Å². The molecule has 19 heavy (non-hydrogen) atoms. The Kier molecular flexibility index (Phi) is 5.39. The van der Waals surface area contributed by atoms with Crippen LogP contribution in [0, 0.1) is 0 Å². The molecule has 1 fully saturated rings. The Morgan fingerprint density at radius 3 is 2.63 bits per heavy atom. The van der Waals surface area contributed by atoms with Gasteiger partial charge in [-0.1, -0.05) is 6.92 Å². The highest BCUT2D eigenvalue weighted by Crippen LogP contribution is 2.16. The number of nitrogens with one attached hydrogen (secondary N) is 2. The normalized spacial score (nSPS) is 17.4. The summed E-state index contributed by atoms with van der Waals surface area (Å²) in [5, 5.41) is 6.73. The quantitative estimate of drug-likeness (QED) is 0.824. The second-order valence-electron chi connectivity index (χ2n) is 5.08. The zero-order valence-corrected chi connectivity index (χ0v) is 12.0. The first-order chi connectivity index (χ1) is 9.31. The lowest BCUT2D eigenvalue weighted by Gasteiger charge is -2.32. The Balaban J connectivity index is 1.83. The number of piperidine rings is 1. The molecule has 1 aliphatic heterocycles. The highest BCUT2D eigenvalue weighted by molar-refractivity contribution is 5.46. The van der Waals surface area contributed by atoms with Crippen molar-refractivity contribution < 1.29 is 0 Å². The SMILES string of the molecule is CCCN1CCC(Nc2cc(NCC)ncn2)CC1. The van der Waals surface area contributed by atoms with E-state index in [1.807, 2.05) is 6.07 Å². The lowest BCUT2D eigenvalue weighted by Crippen LogP contribution is -2.39. The van der Waals surface area contributed by atoms with E-state index in [0.29, 0.717) is 6.04 Å². The van der Waals surface area contributed by atoms with E-state index in [-0.39, 0.29) is 0 Å². The molecule has 0 radical (unpaired) electrons. The molecule has 2 heterocycles. The lowest BCUT2D eigenvalue weighted by molar-refractivity contribution is 0.219. The van der Waals surface area contributed by atoms with Gasteiger partial charge in [0.25, 0.3) is 0 Å². The predicted octanol–water partition coefficient (Wildman–Crippen LogP) is 2.19.